The Labute approximate surface area is 221 Å². The SMILES string of the molecule is CC(C)(C)OC(=O)Nc1nn(-c2ccccc2)cc1C(=O)NCCNC(=O)c1ccc(OCC(F)(F)F)nc1. The Hall–Kier alpha value is -4.62. The number of rotatable bonds is 9. The maximum atomic E-state index is 12.9. The third-order valence-corrected chi connectivity index (χ3v) is 4.68. The van der Waals surface area contributed by atoms with Crippen LogP contribution in [0.4, 0.5) is 23.8 Å². The third-order valence-electron chi connectivity index (χ3n) is 4.68. The number of carbonyl (C=O) groups excluding carboxylic acids is 3. The second-order valence-electron chi connectivity index (χ2n) is 9.10. The number of nitrogens with one attached hydrogen (secondary N) is 3. The van der Waals surface area contributed by atoms with Gasteiger partial charge in [-0.15, -0.1) is 5.10 Å². The van der Waals surface area contributed by atoms with Crippen molar-refractivity contribution in [3.63, 3.8) is 0 Å². The Morgan fingerprint density at radius 2 is 1.62 bits per heavy atom. The lowest BCUT2D eigenvalue weighted by atomic mass is 10.2. The van der Waals surface area contributed by atoms with E-state index >= 15 is 0 Å². The number of halogens is 3. The number of para-hydroxylation sites is 1. The van der Waals surface area contributed by atoms with Crippen molar-refractivity contribution in [3.8, 4) is 11.6 Å². The summed E-state index contributed by atoms with van der Waals surface area (Å²) in [5.41, 5.74) is 0.0429. The van der Waals surface area contributed by atoms with Gasteiger partial charge in [0.2, 0.25) is 5.88 Å². The van der Waals surface area contributed by atoms with Gasteiger partial charge >= 0.3 is 12.3 Å². The standard InChI is InChI=1S/C25H27F3N6O5/c1-24(2,3)39-23(37)32-20-18(14-34(33-20)17-7-5-4-6-8-17)22(36)30-12-11-29-21(35)16-9-10-19(31-13-16)38-15-25(26,27)28/h4-10,13-14H,11-12,15H2,1-3H3,(H,29,35)(H,30,36)(H,32,33,37). The number of pyridine rings is 1. The zero-order valence-electron chi connectivity index (χ0n) is 21.3. The average molecular weight is 549 g/mol. The van der Waals surface area contributed by atoms with Gasteiger partial charge in [0.15, 0.2) is 12.4 Å². The first-order chi connectivity index (χ1) is 18.3. The van der Waals surface area contributed by atoms with Gasteiger partial charge in [-0.2, -0.15) is 13.2 Å². The summed E-state index contributed by atoms with van der Waals surface area (Å²) in [6.45, 7) is 3.64. The van der Waals surface area contributed by atoms with E-state index in [1.807, 2.05) is 6.07 Å². The maximum Gasteiger partial charge on any atom is 0.422 e. The molecule has 0 fully saturated rings. The van der Waals surface area contributed by atoms with E-state index in [0.29, 0.717) is 5.69 Å². The first-order valence-corrected chi connectivity index (χ1v) is 11.7. The molecule has 3 amide bonds. The van der Waals surface area contributed by atoms with Crippen LogP contribution in [0.1, 0.15) is 41.5 Å². The number of carbonyl (C=O) groups is 3. The molecule has 0 bridgehead atoms. The van der Waals surface area contributed by atoms with Crippen LogP contribution in [0.2, 0.25) is 0 Å². The van der Waals surface area contributed by atoms with Gasteiger partial charge in [-0.25, -0.2) is 14.5 Å². The molecule has 39 heavy (non-hydrogen) atoms. The normalized spacial score (nSPS) is 11.4. The summed E-state index contributed by atoms with van der Waals surface area (Å²) in [5.74, 6) is -1.41. The molecule has 3 N–H and O–H groups in total. The third kappa shape index (κ3) is 9.32. The molecule has 14 heteroatoms. The van der Waals surface area contributed by atoms with E-state index in [1.54, 1.807) is 45.0 Å². The number of amides is 3. The van der Waals surface area contributed by atoms with Gasteiger partial charge in [-0.3, -0.25) is 14.9 Å². The fourth-order valence-corrected chi connectivity index (χ4v) is 3.05. The van der Waals surface area contributed by atoms with Gasteiger partial charge in [-0.05, 0) is 39.0 Å². The summed E-state index contributed by atoms with van der Waals surface area (Å²) in [6.07, 6.45) is -2.77. The second kappa shape index (κ2) is 12.3. The van der Waals surface area contributed by atoms with Gasteiger partial charge in [0.05, 0.1) is 11.3 Å². The van der Waals surface area contributed by atoms with Gasteiger partial charge in [0.1, 0.15) is 11.2 Å². The van der Waals surface area contributed by atoms with Crippen LogP contribution < -0.4 is 20.7 Å². The van der Waals surface area contributed by atoms with Gasteiger partial charge < -0.3 is 20.1 Å². The van der Waals surface area contributed by atoms with Crippen molar-refractivity contribution in [1.29, 1.82) is 0 Å². The van der Waals surface area contributed by atoms with Crippen molar-refractivity contribution in [2.45, 2.75) is 32.5 Å². The van der Waals surface area contributed by atoms with Gasteiger partial charge in [-0.1, -0.05) is 18.2 Å². The predicted octanol–water partition coefficient (Wildman–Crippen LogP) is 3.72. The molecule has 2 heterocycles. The quantitative estimate of drug-likeness (QED) is 0.347. The topological polar surface area (TPSA) is 136 Å². The summed E-state index contributed by atoms with van der Waals surface area (Å²) in [6, 6.07) is 11.3. The molecular formula is C25H27F3N6O5. The minimum atomic E-state index is -4.51. The molecule has 0 aliphatic rings. The molecule has 11 nitrogen and oxygen atoms in total. The lowest BCUT2D eigenvalue weighted by molar-refractivity contribution is -0.154. The molecular weight excluding hydrogens is 521 g/mol. The smallest absolute Gasteiger partial charge is 0.422 e. The van der Waals surface area contributed by atoms with Crippen molar-refractivity contribution < 1.29 is 37.0 Å². The van der Waals surface area contributed by atoms with E-state index in [0.717, 1.165) is 12.3 Å². The molecule has 2 aromatic heterocycles. The number of ether oxygens (including phenoxy) is 2. The number of hydrogen-bond donors (Lipinski definition) is 3. The van der Waals surface area contributed by atoms with E-state index in [9.17, 15) is 27.6 Å². The fourth-order valence-electron chi connectivity index (χ4n) is 3.05. The number of anilines is 1. The summed E-state index contributed by atoms with van der Waals surface area (Å²) >= 11 is 0. The minimum Gasteiger partial charge on any atom is -0.468 e. The van der Waals surface area contributed by atoms with Gasteiger partial charge in [0, 0.05) is 31.5 Å². The van der Waals surface area contributed by atoms with E-state index in [1.165, 1.54) is 16.9 Å². The first kappa shape index (κ1) is 28.9. The molecule has 0 aliphatic heterocycles. The van der Waals surface area contributed by atoms with Crippen LogP contribution in [-0.2, 0) is 4.74 Å². The van der Waals surface area contributed by atoms with E-state index in [2.05, 4.69) is 30.8 Å². The maximum absolute atomic E-state index is 12.9. The van der Waals surface area contributed by atoms with Crippen LogP contribution in [-0.4, -0.2) is 64.1 Å². The number of benzene rings is 1. The number of alkyl halides is 3. The highest BCUT2D eigenvalue weighted by Crippen LogP contribution is 2.19. The highest BCUT2D eigenvalue weighted by molar-refractivity contribution is 6.01. The van der Waals surface area contributed by atoms with Crippen LogP contribution >= 0.6 is 0 Å². The second-order valence-corrected chi connectivity index (χ2v) is 9.10. The molecule has 3 rings (SSSR count). The van der Waals surface area contributed by atoms with Crippen LogP contribution in [0, 0.1) is 0 Å². The number of nitrogens with zero attached hydrogens (tertiary/aromatic N) is 3. The molecule has 0 atom stereocenters. The van der Waals surface area contributed by atoms with E-state index in [4.69, 9.17) is 4.74 Å². The van der Waals surface area contributed by atoms with Crippen molar-refractivity contribution in [2.24, 2.45) is 0 Å². The molecule has 0 saturated heterocycles. The number of hydrogen-bond acceptors (Lipinski definition) is 7. The molecule has 0 spiro atoms. The molecule has 3 aromatic rings. The average Bonchev–Trinajstić information content (AvgIpc) is 3.28. The lowest BCUT2D eigenvalue weighted by Crippen LogP contribution is -2.35. The van der Waals surface area contributed by atoms with Crippen LogP contribution in [0.25, 0.3) is 5.69 Å². The van der Waals surface area contributed by atoms with E-state index < -0.39 is 36.3 Å². The molecule has 0 radical (unpaired) electrons. The Kier molecular flexibility index (Phi) is 9.12. The molecule has 1 aromatic carbocycles. The van der Waals surface area contributed by atoms with Crippen molar-refractivity contribution in [1.82, 2.24) is 25.4 Å². The van der Waals surface area contributed by atoms with E-state index in [-0.39, 0.29) is 35.9 Å². The lowest BCUT2D eigenvalue weighted by Gasteiger charge is -2.19. The summed E-state index contributed by atoms with van der Waals surface area (Å²) in [7, 11) is 0. The molecule has 208 valence electrons. The Bertz CT molecular complexity index is 1290. The summed E-state index contributed by atoms with van der Waals surface area (Å²) in [5, 5.41) is 12.0. The van der Waals surface area contributed by atoms with Crippen molar-refractivity contribution in [2.75, 3.05) is 25.0 Å². The van der Waals surface area contributed by atoms with Crippen LogP contribution in [0.5, 0.6) is 5.88 Å². The molecule has 0 unspecified atom stereocenters. The number of aromatic nitrogens is 3. The highest BCUT2D eigenvalue weighted by atomic mass is 19.4. The Balaban J connectivity index is 1.58. The monoisotopic (exact) mass is 548 g/mol. The minimum absolute atomic E-state index is 0.0199. The van der Waals surface area contributed by atoms with Crippen LogP contribution in [0.3, 0.4) is 0 Å². The summed E-state index contributed by atoms with van der Waals surface area (Å²) in [4.78, 5) is 41.1. The van der Waals surface area contributed by atoms with Crippen molar-refractivity contribution in [3.05, 3.63) is 66.0 Å². The van der Waals surface area contributed by atoms with Crippen LogP contribution in [0.15, 0.2) is 54.9 Å². The molecule has 0 aliphatic carbocycles. The first-order valence-electron chi connectivity index (χ1n) is 11.7. The fraction of sp³-hybridized carbons (Fsp3) is 0.320. The Morgan fingerprint density at radius 3 is 2.21 bits per heavy atom. The largest absolute Gasteiger partial charge is 0.468 e. The highest BCUT2D eigenvalue weighted by Gasteiger charge is 2.28. The van der Waals surface area contributed by atoms with Gasteiger partial charge in [0.25, 0.3) is 11.8 Å². The summed E-state index contributed by atoms with van der Waals surface area (Å²) < 4.78 is 47.9. The van der Waals surface area contributed by atoms with Crippen molar-refractivity contribution >= 4 is 23.7 Å². The zero-order chi connectivity index (χ0) is 28.6. The molecule has 0 saturated carbocycles. The Morgan fingerprint density at radius 1 is 0.949 bits per heavy atom. The predicted molar refractivity (Wildman–Crippen MR) is 134 cm³/mol. The zero-order valence-corrected chi connectivity index (χ0v) is 21.3.